The largest absolute Gasteiger partial charge is 0.311 e. The fraction of sp³-hybridized carbons (Fsp3) is 0.159. The molecule has 1 heteroatoms. The molecule has 4 fully saturated rings. The van der Waals surface area contributed by atoms with Crippen molar-refractivity contribution in [2.24, 2.45) is 17.8 Å². The Bertz CT molecular complexity index is 3450. The predicted molar refractivity (Wildman–Crippen MR) is 292 cm³/mol. The zero-order valence-corrected chi connectivity index (χ0v) is 39.5. The SMILES string of the molecule is c1ccc(-c2cccc3cccc(-c4ccc(N(c5ccc(-c6ccc(C78CC9CC(CC(C9)C7)C8)cc6)cc5)c5ccc(C6(c7ccccc7)c7ccccc7-c7ccccc76)cc5)cc4)c23)cc1. The number of rotatable bonds is 9. The van der Waals surface area contributed by atoms with E-state index in [0.717, 1.165) is 34.8 Å². The minimum absolute atomic E-state index is 0.409. The van der Waals surface area contributed by atoms with Crippen LogP contribution in [0.3, 0.4) is 0 Å². The lowest BCUT2D eigenvalue weighted by molar-refractivity contribution is -0.00518. The summed E-state index contributed by atoms with van der Waals surface area (Å²) >= 11 is 0. The molecular weight excluding hydrogens is 843 g/mol. The Labute approximate surface area is 412 Å². The zero-order valence-electron chi connectivity index (χ0n) is 39.5. The van der Waals surface area contributed by atoms with Crippen molar-refractivity contribution in [3.63, 3.8) is 0 Å². The number of benzene rings is 10. The van der Waals surface area contributed by atoms with E-state index in [2.05, 4.69) is 248 Å². The number of fused-ring (bicyclic) bond motifs is 4. The molecule has 0 amide bonds. The maximum atomic E-state index is 2.48. The maximum absolute atomic E-state index is 2.48. The average molecular weight is 898 g/mol. The lowest BCUT2D eigenvalue weighted by Gasteiger charge is -2.57. The summed E-state index contributed by atoms with van der Waals surface area (Å²) in [5, 5.41) is 2.52. The van der Waals surface area contributed by atoms with Crippen molar-refractivity contribution in [1.82, 2.24) is 0 Å². The van der Waals surface area contributed by atoms with Crippen LogP contribution in [0.4, 0.5) is 17.1 Å². The van der Waals surface area contributed by atoms with Crippen LogP contribution in [0.2, 0.25) is 0 Å². The van der Waals surface area contributed by atoms with Crippen molar-refractivity contribution in [1.29, 1.82) is 0 Å². The molecule has 0 atom stereocenters. The van der Waals surface area contributed by atoms with Crippen LogP contribution in [0.15, 0.2) is 243 Å². The summed E-state index contributed by atoms with van der Waals surface area (Å²) in [6, 6.07) is 90.9. The zero-order chi connectivity index (χ0) is 46.2. The van der Waals surface area contributed by atoms with Gasteiger partial charge in [-0.05, 0) is 181 Å². The molecule has 4 bridgehead atoms. The highest BCUT2D eigenvalue weighted by Crippen LogP contribution is 2.61. The summed E-state index contributed by atoms with van der Waals surface area (Å²) in [7, 11) is 0. The van der Waals surface area contributed by atoms with Crippen LogP contribution in [-0.4, -0.2) is 0 Å². The van der Waals surface area contributed by atoms with Crippen molar-refractivity contribution in [2.75, 3.05) is 4.90 Å². The fourth-order valence-electron chi connectivity index (χ4n) is 14.5. The monoisotopic (exact) mass is 897 g/mol. The van der Waals surface area contributed by atoms with Crippen LogP contribution in [0, 0.1) is 17.8 Å². The van der Waals surface area contributed by atoms with Gasteiger partial charge in [0.1, 0.15) is 0 Å². The van der Waals surface area contributed by atoms with E-state index in [1.54, 1.807) is 5.56 Å². The summed E-state index contributed by atoms with van der Waals surface area (Å²) in [6.07, 6.45) is 8.63. The van der Waals surface area contributed by atoms with Crippen LogP contribution in [0.5, 0.6) is 0 Å². The van der Waals surface area contributed by atoms with Crippen molar-refractivity contribution in [2.45, 2.75) is 49.4 Å². The second-order valence-electron chi connectivity index (χ2n) is 21.0. The molecule has 0 unspecified atom stereocenters. The Hall–Kier alpha value is -7.74. The van der Waals surface area contributed by atoms with E-state index in [1.165, 1.54) is 116 Å². The van der Waals surface area contributed by atoms with Crippen LogP contribution in [0.1, 0.15) is 66.3 Å². The minimum atomic E-state index is -0.455. The van der Waals surface area contributed by atoms with Crippen molar-refractivity contribution in [3.05, 3.63) is 270 Å². The van der Waals surface area contributed by atoms with E-state index in [9.17, 15) is 0 Å². The molecule has 4 saturated carbocycles. The van der Waals surface area contributed by atoms with Gasteiger partial charge in [-0.3, -0.25) is 0 Å². The minimum Gasteiger partial charge on any atom is -0.311 e. The van der Waals surface area contributed by atoms with Gasteiger partial charge in [0.2, 0.25) is 0 Å². The maximum Gasteiger partial charge on any atom is 0.0713 e. The quantitative estimate of drug-likeness (QED) is 0.140. The van der Waals surface area contributed by atoms with Crippen LogP contribution >= 0.6 is 0 Å². The molecule has 0 saturated heterocycles. The summed E-state index contributed by atoms with van der Waals surface area (Å²) in [5.41, 5.74) is 20.1. The van der Waals surface area contributed by atoms with E-state index >= 15 is 0 Å². The second kappa shape index (κ2) is 16.5. The lowest BCUT2D eigenvalue weighted by atomic mass is 9.48. The van der Waals surface area contributed by atoms with Gasteiger partial charge >= 0.3 is 0 Å². The third kappa shape index (κ3) is 6.59. The Morgan fingerprint density at radius 2 is 0.686 bits per heavy atom. The van der Waals surface area contributed by atoms with Crippen molar-refractivity contribution >= 4 is 27.8 Å². The van der Waals surface area contributed by atoms with Gasteiger partial charge in [-0.1, -0.05) is 206 Å². The molecule has 5 aliphatic carbocycles. The van der Waals surface area contributed by atoms with Crippen LogP contribution in [-0.2, 0) is 10.8 Å². The van der Waals surface area contributed by atoms with Gasteiger partial charge in [-0.15, -0.1) is 0 Å². The molecule has 0 aromatic heterocycles. The lowest BCUT2D eigenvalue weighted by Crippen LogP contribution is -2.48. The molecular formula is C69H55N. The molecule has 0 spiro atoms. The Kier molecular flexibility index (Phi) is 9.70. The molecule has 336 valence electrons. The standard InChI is InChI=1S/C69H55N/c1-3-13-52(14-4-1)61-21-11-15-54-16-12-22-62(67(54)61)53-29-37-59(38-30-53)70(58-35-27-51(28-36-58)50-25-31-55(32-26-50)68-44-47-41-48(45-68)43-49(42-47)46-68)60-39-33-57(34-40-60)69(56-17-5-2-6-18-56)65-23-9-7-19-63(65)64-20-8-10-24-66(64)69/h1-40,47-49H,41-46H2. The molecule has 70 heavy (non-hydrogen) atoms. The average Bonchev–Trinajstić information content (AvgIpc) is 3.72. The number of hydrogen-bond acceptors (Lipinski definition) is 1. The van der Waals surface area contributed by atoms with Crippen LogP contribution < -0.4 is 4.90 Å². The normalized spacial score (nSPS) is 20.3. The number of anilines is 3. The Morgan fingerprint density at radius 1 is 0.300 bits per heavy atom. The molecule has 15 rings (SSSR count). The molecule has 1 nitrogen and oxygen atoms in total. The van der Waals surface area contributed by atoms with E-state index < -0.39 is 5.41 Å². The highest BCUT2D eigenvalue weighted by Gasteiger charge is 2.51. The third-order valence-corrected chi connectivity index (χ3v) is 17.1. The molecule has 0 radical (unpaired) electrons. The van der Waals surface area contributed by atoms with Crippen molar-refractivity contribution in [3.8, 4) is 44.5 Å². The first kappa shape index (κ1) is 41.3. The van der Waals surface area contributed by atoms with E-state index in [4.69, 9.17) is 0 Å². The molecule has 10 aromatic rings. The van der Waals surface area contributed by atoms with E-state index in [1.807, 2.05) is 0 Å². The smallest absolute Gasteiger partial charge is 0.0713 e. The van der Waals surface area contributed by atoms with Gasteiger partial charge in [0, 0.05) is 17.1 Å². The fourth-order valence-corrected chi connectivity index (χ4v) is 14.5. The summed E-state index contributed by atoms with van der Waals surface area (Å²) in [6.45, 7) is 0. The van der Waals surface area contributed by atoms with Gasteiger partial charge in [0.05, 0.1) is 5.41 Å². The highest BCUT2D eigenvalue weighted by molar-refractivity contribution is 6.06. The van der Waals surface area contributed by atoms with Gasteiger partial charge in [-0.2, -0.15) is 0 Å². The molecule has 0 N–H and O–H groups in total. The Morgan fingerprint density at radius 3 is 1.21 bits per heavy atom. The first-order valence-electron chi connectivity index (χ1n) is 25.7. The van der Waals surface area contributed by atoms with Gasteiger partial charge in [-0.25, -0.2) is 0 Å². The first-order chi connectivity index (χ1) is 34.6. The number of hydrogen-bond donors (Lipinski definition) is 0. The van der Waals surface area contributed by atoms with Gasteiger partial charge in [0.15, 0.2) is 0 Å². The summed E-state index contributed by atoms with van der Waals surface area (Å²) < 4.78 is 0. The molecule has 5 aliphatic rings. The molecule has 0 aliphatic heterocycles. The Balaban J connectivity index is 0.861. The topological polar surface area (TPSA) is 3.24 Å². The first-order valence-corrected chi connectivity index (χ1v) is 25.7. The predicted octanol–water partition coefficient (Wildman–Crippen LogP) is 18.1. The van der Waals surface area contributed by atoms with E-state index in [0.29, 0.717) is 5.41 Å². The van der Waals surface area contributed by atoms with Gasteiger partial charge < -0.3 is 4.90 Å². The third-order valence-electron chi connectivity index (χ3n) is 17.1. The molecule has 0 heterocycles. The highest BCUT2D eigenvalue weighted by atomic mass is 15.1. The summed E-state index contributed by atoms with van der Waals surface area (Å²) in [4.78, 5) is 2.43. The summed E-state index contributed by atoms with van der Waals surface area (Å²) in [5.74, 6) is 2.84. The number of nitrogens with zero attached hydrogens (tertiary/aromatic N) is 1. The second-order valence-corrected chi connectivity index (χ2v) is 21.0. The van der Waals surface area contributed by atoms with Crippen molar-refractivity contribution < 1.29 is 0 Å². The van der Waals surface area contributed by atoms with Gasteiger partial charge in [0.25, 0.3) is 0 Å². The molecule has 10 aromatic carbocycles. The van der Waals surface area contributed by atoms with E-state index in [-0.39, 0.29) is 0 Å². The van der Waals surface area contributed by atoms with Crippen LogP contribution in [0.25, 0.3) is 55.3 Å².